The molecule has 1 aromatic carbocycles. The van der Waals surface area contributed by atoms with Gasteiger partial charge in [0.2, 0.25) is 0 Å². The number of carbonyl (C=O) groups excluding carboxylic acids is 1. The molecule has 148 valence electrons. The van der Waals surface area contributed by atoms with Crippen LogP contribution < -0.4 is 20.1 Å². The van der Waals surface area contributed by atoms with E-state index in [9.17, 15) is 14.9 Å². The highest BCUT2D eigenvalue weighted by molar-refractivity contribution is 7.07. The SMILES string of the molecule is COCCNC(=O)/C(C#N)=c1\s/c(=C\c2cccc(Cl)c2)c(=O)n1CCOC. The van der Waals surface area contributed by atoms with E-state index in [1.54, 1.807) is 24.3 Å². The van der Waals surface area contributed by atoms with Crippen molar-refractivity contribution in [2.75, 3.05) is 34.0 Å². The van der Waals surface area contributed by atoms with Crippen molar-refractivity contribution in [1.82, 2.24) is 9.88 Å². The van der Waals surface area contributed by atoms with Gasteiger partial charge in [0.15, 0.2) is 5.57 Å². The quantitative estimate of drug-likeness (QED) is 0.625. The number of methoxy groups -OCH3 is 2. The average Bonchev–Trinajstić information content (AvgIpc) is 2.96. The number of nitriles is 1. The lowest BCUT2D eigenvalue weighted by Gasteiger charge is -2.04. The summed E-state index contributed by atoms with van der Waals surface area (Å²) < 4.78 is 12.0. The van der Waals surface area contributed by atoms with Crippen LogP contribution in [0.3, 0.4) is 0 Å². The number of halogens is 1. The fourth-order valence-electron chi connectivity index (χ4n) is 2.39. The van der Waals surface area contributed by atoms with Crippen LogP contribution in [0.15, 0.2) is 29.1 Å². The smallest absolute Gasteiger partial charge is 0.269 e. The lowest BCUT2D eigenvalue weighted by atomic mass is 10.2. The molecule has 9 heteroatoms. The second-order valence-electron chi connectivity index (χ2n) is 5.66. The van der Waals surface area contributed by atoms with Crippen LogP contribution in [-0.2, 0) is 20.8 Å². The Morgan fingerprint density at radius 3 is 2.75 bits per heavy atom. The first kappa shape index (κ1) is 21.9. The molecule has 7 nitrogen and oxygen atoms in total. The summed E-state index contributed by atoms with van der Waals surface area (Å²) in [6.07, 6.45) is 1.68. The second kappa shape index (κ2) is 10.8. The zero-order valence-electron chi connectivity index (χ0n) is 15.5. The van der Waals surface area contributed by atoms with Gasteiger partial charge in [0.05, 0.1) is 24.3 Å². The maximum absolute atomic E-state index is 12.9. The molecular weight excluding hydrogens is 402 g/mol. The number of nitrogens with zero attached hydrogens (tertiary/aromatic N) is 2. The number of thiazole rings is 1. The highest BCUT2D eigenvalue weighted by Crippen LogP contribution is 2.10. The van der Waals surface area contributed by atoms with Crippen molar-refractivity contribution in [3.63, 3.8) is 0 Å². The third kappa shape index (κ3) is 5.53. The van der Waals surface area contributed by atoms with Crippen molar-refractivity contribution in [2.24, 2.45) is 0 Å². The molecular formula is C19H20ClN3O4S. The molecule has 0 saturated carbocycles. The van der Waals surface area contributed by atoms with Crippen LogP contribution in [0.1, 0.15) is 5.56 Å². The Morgan fingerprint density at radius 2 is 2.11 bits per heavy atom. The zero-order chi connectivity index (χ0) is 20.5. The van der Waals surface area contributed by atoms with Gasteiger partial charge in [-0.3, -0.25) is 14.2 Å². The second-order valence-corrected chi connectivity index (χ2v) is 7.12. The standard InChI is InChI=1S/C19H20ClN3O4S/c1-26-8-6-22-17(24)15(12-21)19-23(7-9-27-2)18(25)16(28-19)11-13-4-3-5-14(20)10-13/h3-5,10-11H,6-9H2,1-2H3,(H,22,24)/b16-11-,19-15-. The Kier molecular flexibility index (Phi) is 8.42. The van der Waals surface area contributed by atoms with Gasteiger partial charge < -0.3 is 14.8 Å². The molecule has 0 fully saturated rings. The molecule has 0 bridgehead atoms. The van der Waals surface area contributed by atoms with E-state index in [2.05, 4.69) is 5.32 Å². The van der Waals surface area contributed by atoms with E-state index in [4.69, 9.17) is 21.1 Å². The van der Waals surface area contributed by atoms with E-state index >= 15 is 0 Å². The van der Waals surface area contributed by atoms with Crippen LogP contribution in [0, 0.1) is 11.3 Å². The van der Waals surface area contributed by atoms with Crippen LogP contribution >= 0.6 is 22.9 Å². The minimum atomic E-state index is -0.554. The number of nitrogens with one attached hydrogen (secondary N) is 1. The summed E-state index contributed by atoms with van der Waals surface area (Å²) >= 11 is 7.09. The molecule has 0 saturated heterocycles. The lowest BCUT2D eigenvalue weighted by Crippen LogP contribution is -2.36. The van der Waals surface area contributed by atoms with Gasteiger partial charge in [0.1, 0.15) is 10.7 Å². The number of ether oxygens (including phenoxy) is 2. The lowest BCUT2D eigenvalue weighted by molar-refractivity contribution is -0.115. The minimum Gasteiger partial charge on any atom is -0.383 e. The van der Waals surface area contributed by atoms with Gasteiger partial charge in [-0.05, 0) is 23.8 Å². The Labute approximate surface area is 171 Å². The first-order chi connectivity index (χ1) is 13.5. The van der Waals surface area contributed by atoms with E-state index < -0.39 is 5.91 Å². The van der Waals surface area contributed by atoms with E-state index in [1.165, 1.54) is 18.8 Å². The van der Waals surface area contributed by atoms with Crippen LogP contribution in [0.5, 0.6) is 0 Å². The molecule has 0 aliphatic heterocycles. The highest BCUT2D eigenvalue weighted by Gasteiger charge is 2.15. The minimum absolute atomic E-state index is 0.125. The molecule has 0 aliphatic rings. The average molecular weight is 422 g/mol. The normalized spacial score (nSPS) is 12.6. The molecule has 0 radical (unpaired) electrons. The van der Waals surface area contributed by atoms with Crippen molar-refractivity contribution in [3.8, 4) is 6.07 Å². The van der Waals surface area contributed by atoms with Crippen LogP contribution in [0.25, 0.3) is 11.6 Å². The first-order valence-electron chi connectivity index (χ1n) is 8.39. The summed E-state index contributed by atoms with van der Waals surface area (Å²) in [5, 5.41) is 12.7. The Hall–Kier alpha value is -2.44. The van der Waals surface area contributed by atoms with Gasteiger partial charge in [0.25, 0.3) is 11.5 Å². The fourth-order valence-corrected chi connectivity index (χ4v) is 3.71. The molecule has 1 aromatic heterocycles. The summed E-state index contributed by atoms with van der Waals surface area (Å²) in [6, 6.07) is 8.98. The summed E-state index contributed by atoms with van der Waals surface area (Å²) in [6.45, 7) is 1.07. The number of hydrogen-bond donors (Lipinski definition) is 1. The zero-order valence-corrected chi connectivity index (χ0v) is 17.1. The Bertz CT molecular complexity index is 1050. The van der Waals surface area contributed by atoms with Gasteiger partial charge in [-0.2, -0.15) is 5.26 Å². The molecule has 0 spiro atoms. The van der Waals surface area contributed by atoms with Gasteiger partial charge in [-0.25, -0.2) is 0 Å². The summed E-state index contributed by atoms with van der Waals surface area (Å²) in [7, 11) is 3.03. The van der Waals surface area contributed by atoms with Crippen molar-refractivity contribution < 1.29 is 14.3 Å². The third-order valence-corrected chi connectivity index (χ3v) is 5.08. The number of amides is 1. The Balaban J connectivity index is 2.63. The van der Waals surface area contributed by atoms with Gasteiger partial charge in [-0.15, -0.1) is 11.3 Å². The van der Waals surface area contributed by atoms with E-state index in [0.29, 0.717) is 16.2 Å². The predicted molar refractivity (Wildman–Crippen MR) is 109 cm³/mol. The molecule has 1 N–H and O–H groups in total. The summed E-state index contributed by atoms with van der Waals surface area (Å²) in [5.74, 6) is -0.554. The maximum Gasteiger partial charge on any atom is 0.269 e. The molecule has 1 heterocycles. The predicted octanol–water partition coefficient (Wildman–Crippen LogP) is 0.475. The van der Waals surface area contributed by atoms with Crippen LogP contribution in [-0.4, -0.2) is 44.5 Å². The monoisotopic (exact) mass is 421 g/mol. The van der Waals surface area contributed by atoms with Crippen molar-refractivity contribution >= 4 is 40.5 Å². The van der Waals surface area contributed by atoms with E-state index in [1.807, 2.05) is 12.1 Å². The molecule has 28 heavy (non-hydrogen) atoms. The van der Waals surface area contributed by atoms with E-state index in [0.717, 1.165) is 16.9 Å². The van der Waals surface area contributed by atoms with Gasteiger partial charge in [-0.1, -0.05) is 23.7 Å². The number of hydrogen-bond acceptors (Lipinski definition) is 6. The summed E-state index contributed by atoms with van der Waals surface area (Å²) in [4.78, 5) is 25.3. The van der Waals surface area contributed by atoms with Gasteiger partial charge in [0, 0.05) is 25.8 Å². The maximum atomic E-state index is 12.9. The molecule has 1 amide bonds. The van der Waals surface area contributed by atoms with Crippen molar-refractivity contribution in [3.05, 3.63) is 54.4 Å². The third-order valence-electron chi connectivity index (χ3n) is 3.72. The summed E-state index contributed by atoms with van der Waals surface area (Å²) in [5.41, 5.74) is 0.328. The molecule has 2 aromatic rings. The molecule has 0 atom stereocenters. The molecule has 0 unspecified atom stereocenters. The Morgan fingerprint density at radius 1 is 1.36 bits per heavy atom. The topological polar surface area (TPSA) is 93.4 Å². The first-order valence-corrected chi connectivity index (χ1v) is 9.58. The van der Waals surface area contributed by atoms with Crippen LogP contribution in [0.4, 0.5) is 0 Å². The number of benzene rings is 1. The van der Waals surface area contributed by atoms with Crippen LogP contribution in [0.2, 0.25) is 5.02 Å². The molecule has 2 rings (SSSR count). The largest absolute Gasteiger partial charge is 0.383 e. The fraction of sp³-hybridized carbons (Fsp3) is 0.316. The molecule has 0 aliphatic carbocycles. The number of carbonyl (C=O) groups is 1. The van der Waals surface area contributed by atoms with Crippen molar-refractivity contribution in [1.29, 1.82) is 5.26 Å². The number of rotatable bonds is 8. The van der Waals surface area contributed by atoms with Crippen molar-refractivity contribution in [2.45, 2.75) is 6.54 Å². The number of aromatic nitrogens is 1. The highest BCUT2D eigenvalue weighted by atomic mass is 35.5. The van der Waals surface area contributed by atoms with E-state index in [-0.39, 0.29) is 35.5 Å². The van der Waals surface area contributed by atoms with Gasteiger partial charge >= 0.3 is 0 Å².